The van der Waals surface area contributed by atoms with Crippen LogP contribution < -0.4 is 5.32 Å². The van der Waals surface area contributed by atoms with Gasteiger partial charge in [-0.3, -0.25) is 9.59 Å². The fourth-order valence-electron chi connectivity index (χ4n) is 3.65. The topological polar surface area (TPSA) is 49.4 Å². The Morgan fingerprint density at radius 3 is 2.09 bits per heavy atom. The fraction of sp³-hybridized carbons (Fsp3) is 0.259. The second-order valence-corrected chi connectivity index (χ2v) is 9.69. The number of amides is 2. The third kappa shape index (κ3) is 7.49. The van der Waals surface area contributed by atoms with E-state index < -0.39 is 6.04 Å². The lowest BCUT2D eigenvalue weighted by Gasteiger charge is -2.32. The van der Waals surface area contributed by atoms with Gasteiger partial charge in [0.05, 0.1) is 16.5 Å². The number of hydrogen-bond acceptors (Lipinski definition) is 2. The monoisotopic (exact) mass is 516 g/mol. The van der Waals surface area contributed by atoms with E-state index in [1.165, 1.54) is 0 Å². The zero-order valence-electron chi connectivity index (χ0n) is 19.1. The minimum atomic E-state index is -0.709. The molecule has 0 saturated carbocycles. The van der Waals surface area contributed by atoms with Crippen LogP contribution in [0, 0.1) is 0 Å². The maximum absolute atomic E-state index is 13.6. The Bertz CT molecular complexity index is 1120. The van der Waals surface area contributed by atoms with Gasteiger partial charge in [0.15, 0.2) is 0 Å². The SMILES string of the molecule is CC(C)NC(=O)[C@H](Cc1ccccc1)N(Cc1ccc(Cl)c(Cl)c1)C(=O)Cc1ccc(Cl)cc1. The summed E-state index contributed by atoms with van der Waals surface area (Å²) < 4.78 is 0. The van der Waals surface area contributed by atoms with E-state index >= 15 is 0 Å². The van der Waals surface area contributed by atoms with Crippen molar-refractivity contribution in [2.24, 2.45) is 0 Å². The predicted octanol–water partition coefficient (Wildman–Crippen LogP) is 6.35. The van der Waals surface area contributed by atoms with Gasteiger partial charge in [0, 0.05) is 24.0 Å². The van der Waals surface area contributed by atoms with Crippen LogP contribution >= 0.6 is 34.8 Å². The number of hydrogen-bond donors (Lipinski definition) is 1. The van der Waals surface area contributed by atoms with E-state index in [1.807, 2.05) is 62.4 Å². The minimum Gasteiger partial charge on any atom is -0.352 e. The molecule has 1 atom stereocenters. The lowest BCUT2D eigenvalue weighted by atomic mass is 10.0. The molecule has 0 fully saturated rings. The number of carbonyl (C=O) groups excluding carboxylic acids is 2. The Labute approximate surface area is 215 Å². The van der Waals surface area contributed by atoms with Crippen LogP contribution in [0.15, 0.2) is 72.8 Å². The van der Waals surface area contributed by atoms with E-state index in [0.29, 0.717) is 21.5 Å². The largest absolute Gasteiger partial charge is 0.352 e. The molecule has 3 aromatic rings. The van der Waals surface area contributed by atoms with Crippen LogP contribution in [-0.2, 0) is 29.0 Å². The predicted molar refractivity (Wildman–Crippen MR) is 139 cm³/mol. The van der Waals surface area contributed by atoms with Crippen LogP contribution in [0.4, 0.5) is 0 Å². The smallest absolute Gasteiger partial charge is 0.243 e. The Balaban J connectivity index is 1.98. The fourth-order valence-corrected chi connectivity index (χ4v) is 4.09. The highest BCUT2D eigenvalue weighted by molar-refractivity contribution is 6.42. The van der Waals surface area contributed by atoms with Crippen molar-refractivity contribution in [2.75, 3.05) is 0 Å². The average Bonchev–Trinajstić information content (AvgIpc) is 2.80. The summed E-state index contributed by atoms with van der Waals surface area (Å²) in [7, 11) is 0. The van der Waals surface area contributed by atoms with Gasteiger partial charge < -0.3 is 10.2 Å². The van der Waals surface area contributed by atoms with Crippen molar-refractivity contribution in [3.63, 3.8) is 0 Å². The molecule has 0 saturated heterocycles. The van der Waals surface area contributed by atoms with Crippen molar-refractivity contribution in [2.45, 2.75) is 45.3 Å². The number of benzene rings is 3. The Morgan fingerprint density at radius 1 is 0.824 bits per heavy atom. The molecule has 0 bridgehead atoms. The zero-order valence-corrected chi connectivity index (χ0v) is 21.4. The average molecular weight is 518 g/mol. The van der Waals surface area contributed by atoms with Crippen LogP contribution in [-0.4, -0.2) is 28.8 Å². The highest BCUT2D eigenvalue weighted by Crippen LogP contribution is 2.25. The first-order valence-electron chi connectivity index (χ1n) is 11.0. The van der Waals surface area contributed by atoms with Gasteiger partial charge in [0.25, 0.3) is 0 Å². The van der Waals surface area contributed by atoms with Crippen molar-refractivity contribution in [3.05, 3.63) is 105 Å². The zero-order chi connectivity index (χ0) is 24.7. The molecule has 0 aliphatic rings. The number of halogens is 3. The molecule has 0 heterocycles. The molecule has 34 heavy (non-hydrogen) atoms. The molecule has 0 aliphatic heterocycles. The number of nitrogens with zero attached hydrogens (tertiary/aromatic N) is 1. The molecule has 3 aromatic carbocycles. The molecule has 0 radical (unpaired) electrons. The second kappa shape index (κ2) is 12.3. The van der Waals surface area contributed by atoms with E-state index in [0.717, 1.165) is 16.7 Å². The summed E-state index contributed by atoms with van der Waals surface area (Å²) in [5.74, 6) is -0.378. The van der Waals surface area contributed by atoms with Gasteiger partial charge >= 0.3 is 0 Å². The van der Waals surface area contributed by atoms with Crippen LogP contribution in [0.1, 0.15) is 30.5 Å². The molecular formula is C27H27Cl3N2O2. The third-order valence-electron chi connectivity index (χ3n) is 5.31. The van der Waals surface area contributed by atoms with Gasteiger partial charge in [-0.15, -0.1) is 0 Å². The summed E-state index contributed by atoms with van der Waals surface area (Å²) in [6.45, 7) is 4.01. The molecule has 178 valence electrons. The maximum Gasteiger partial charge on any atom is 0.243 e. The lowest BCUT2D eigenvalue weighted by Crippen LogP contribution is -2.52. The molecule has 7 heteroatoms. The first-order valence-corrected chi connectivity index (χ1v) is 12.2. The van der Waals surface area contributed by atoms with Gasteiger partial charge in [-0.2, -0.15) is 0 Å². The molecule has 1 N–H and O–H groups in total. The number of carbonyl (C=O) groups is 2. The van der Waals surface area contributed by atoms with Gasteiger partial charge in [-0.05, 0) is 54.8 Å². The van der Waals surface area contributed by atoms with E-state index in [2.05, 4.69) is 5.32 Å². The molecule has 0 aromatic heterocycles. The van der Waals surface area contributed by atoms with Crippen LogP contribution in [0.2, 0.25) is 15.1 Å². The number of rotatable bonds is 9. The molecule has 3 rings (SSSR count). The van der Waals surface area contributed by atoms with Gasteiger partial charge in [-0.25, -0.2) is 0 Å². The summed E-state index contributed by atoms with van der Waals surface area (Å²) in [5.41, 5.74) is 2.57. The van der Waals surface area contributed by atoms with Crippen molar-refractivity contribution in [1.82, 2.24) is 10.2 Å². The summed E-state index contributed by atoms with van der Waals surface area (Å²) in [6, 6.07) is 21.3. The Hall–Kier alpha value is -2.53. The number of nitrogens with one attached hydrogen (secondary N) is 1. The summed E-state index contributed by atoms with van der Waals surface area (Å²) >= 11 is 18.3. The highest BCUT2D eigenvalue weighted by Gasteiger charge is 2.30. The van der Waals surface area contributed by atoms with Crippen molar-refractivity contribution < 1.29 is 9.59 Å². The molecule has 4 nitrogen and oxygen atoms in total. The van der Waals surface area contributed by atoms with Gasteiger partial charge in [-0.1, -0.05) is 83.3 Å². The molecule has 0 aliphatic carbocycles. The van der Waals surface area contributed by atoms with Gasteiger partial charge in [0.2, 0.25) is 11.8 Å². The standard InChI is InChI=1S/C27H27Cl3N2O2/c1-18(2)31-27(34)25(15-19-6-4-3-5-7-19)32(17-21-10-13-23(29)24(30)14-21)26(33)16-20-8-11-22(28)12-9-20/h3-14,18,25H,15-17H2,1-2H3,(H,31,34)/t25-/m0/s1. The first kappa shape index (κ1) is 26.1. The second-order valence-electron chi connectivity index (χ2n) is 8.44. The highest BCUT2D eigenvalue weighted by atomic mass is 35.5. The molecule has 0 unspecified atom stereocenters. The van der Waals surface area contributed by atoms with Crippen LogP contribution in [0.3, 0.4) is 0 Å². The van der Waals surface area contributed by atoms with Gasteiger partial charge in [0.1, 0.15) is 6.04 Å². The van der Waals surface area contributed by atoms with E-state index in [4.69, 9.17) is 34.8 Å². The van der Waals surface area contributed by atoms with E-state index in [9.17, 15) is 9.59 Å². The first-order chi connectivity index (χ1) is 16.2. The van der Waals surface area contributed by atoms with E-state index in [-0.39, 0.29) is 30.8 Å². The maximum atomic E-state index is 13.6. The normalized spacial score (nSPS) is 11.8. The Morgan fingerprint density at radius 2 is 1.47 bits per heavy atom. The molecule has 0 spiro atoms. The van der Waals surface area contributed by atoms with E-state index in [1.54, 1.807) is 29.2 Å². The molecular weight excluding hydrogens is 491 g/mol. The van der Waals surface area contributed by atoms with Crippen LogP contribution in [0.5, 0.6) is 0 Å². The summed E-state index contributed by atoms with van der Waals surface area (Å²) in [5, 5.41) is 4.41. The minimum absolute atomic E-state index is 0.0658. The Kier molecular flexibility index (Phi) is 9.40. The quantitative estimate of drug-likeness (QED) is 0.359. The van der Waals surface area contributed by atoms with Crippen molar-refractivity contribution >= 4 is 46.6 Å². The third-order valence-corrected chi connectivity index (χ3v) is 6.30. The van der Waals surface area contributed by atoms with Crippen molar-refractivity contribution in [3.8, 4) is 0 Å². The van der Waals surface area contributed by atoms with Crippen LogP contribution in [0.25, 0.3) is 0 Å². The summed E-state index contributed by atoms with van der Waals surface area (Å²) in [6.07, 6.45) is 0.520. The van der Waals surface area contributed by atoms with Crippen molar-refractivity contribution in [1.29, 1.82) is 0 Å². The summed E-state index contributed by atoms with van der Waals surface area (Å²) in [4.78, 5) is 28.6. The molecule has 2 amide bonds. The lowest BCUT2D eigenvalue weighted by molar-refractivity contribution is -0.141.